The van der Waals surface area contributed by atoms with Crippen molar-refractivity contribution in [2.45, 2.75) is 59.0 Å². The number of nitrogens with one attached hydrogen (secondary N) is 3. The molecule has 0 unspecified atom stereocenters. The molecule has 1 fully saturated rings. The lowest BCUT2D eigenvalue weighted by Crippen LogP contribution is -2.45. The van der Waals surface area contributed by atoms with Crippen molar-refractivity contribution in [3.8, 4) is 0 Å². The Hall–Kier alpha value is -1.25. The third-order valence-corrected chi connectivity index (χ3v) is 4.82. The number of carbonyl (C=O) groups is 1. The van der Waals surface area contributed by atoms with Crippen molar-refractivity contribution in [2.24, 2.45) is 16.8 Å². The number of nitrogens with zero attached hydrogens (tertiary/aromatic N) is 1. The summed E-state index contributed by atoms with van der Waals surface area (Å²) in [6, 6.07) is 4.09. The van der Waals surface area contributed by atoms with E-state index in [9.17, 15) is 4.79 Å². The highest BCUT2D eigenvalue weighted by Gasteiger charge is 2.23. The number of halogens is 1. The molecule has 148 valence electrons. The quantitative estimate of drug-likeness (QED) is 0.321. The van der Waals surface area contributed by atoms with E-state index in [4.69, 9.17) is 4.42 Å². The summed E-state index contributed by atoms with van der Waals surface area (Å²) in [5.74, 6) is 2.95. The molecule has 7 heteroatoms. The van der Waals surface area contributed by atoms with Crippen molar-refractivity contribution in [3.63, 3.8) is 0 Å². The highest BCUT2D eigenvalue weighted by atomic mass is 127. The number of guanidine groups is 1. The van der Waals surface area contributed by atoms with Gasteiger partial charge in [-0.1, -0.05) is 13.8 Å². The second-order valence-corrected chi connectivity index (χ2v) is 7.05. The Morgan fingerprint density at radius 1 is 1.27 bits per heavy atom. The monoisotopic (exact) mass is 476 g/mol. The van der Waals surface area contributed by atoms with E-state index < -0.39 is 0 Å². The molecule has 1 aromatic heterocycles. The molecular formula is C19H33IN4O2. The smallest absolute Gasteiger partial charge is 0.242 e. The Kier molecular flexibility index (Phi) is 10.7. The SMILES string of the molecule is CCNC(=NCC(=O)NCc1ccco1)NC1CCC(C(C)C)CC1.I. The molecule has 0 atom stereocenters. The van der Waals surface area contributed by atoms with Crippen LogP contribution in [0.4, 0.5) is 0 Å². The molecule has 1 aromatic rings. The maximum absolute atomic E-state index is 11.9. The van der Waals surface area contributed by atoms with Gasteiger partial charge in [0.25, 0.3) is 0 Å². The fraction of sp³-hybridized carbons (Fsp3) is 0.684. The van der Waals surface area contributed by atoms with Crippen LogP contribution in [0.2, 0.25) is 0 Å². The summed E-state index contributed by atoms with van der Waals surface area (Å²) in [5.41, 5.74) is 0. The van der Waals surface area contributed by atoms with Gasteiger partial charge in [0.2, 0.25) is 5.91 Å². The number of furan rings is 1. The first-order chi connectivity index (χ1) is 12.1. The van der Waals surface area contributed by atoms with Crippen molar-refractivity contribution in [2.75, 3.05) is 13.1 Å². The van der Waals surface area contributed by atoms with Crippen LogP contribution >= 0.6 is 24.0 Å². The van der Waals surface area contributed by atoms with Crippen molar-refractivity contribution in [1.29, 1.82) is 0 Å². The summed E-state index contributed by atoms with van der Waals surface area (Å²) >= 11 is 0. The van der Waals surface area contributed by atoms with E-state index in [0.717, 1.165) is 42.9 Å². The Morgan fingerprint density at radius 3 is 2.58 bits per heavy atom. The lowest BCUT2D eigenvalue weighted by atomic mass is 9.80. The molecule has 0 spiro atoms. The van der Waals surface area contributed by atoms with E-state index in [1.807, 2.05) is 13.0 Å². The minimum absolute atomic E-state index is 0. The number of amides is 1. The van der Waals surface area contributed by atoms with E-state index in [2.05, 4.69) is 34.8 Å². The largest absolute Gasteiger partial charge is 0.467 e. The van der Waals surface area contributed by atoms with Gasteiger partial charge in [-0.25, -0.2) is 4.99 Å². The predicted octanol–water partition coefficient (Wildman–Crippen LogP) is 3.28. The maximum Gasteiger partial charge on any atom is 0.242 e. The minimum Gasteiger partial charge on any atom is -0.467 e. The number of hydrogen-bond donors (Lipinski definition) is 3. The highest BCUT2D eigenvalue weighted by Crippen LogP contribution is 2.29. The fourth-order valence-electron chi connectivity index (χ4n) is 3.25. The van der Waals surface area contributed by atoms with Gasteiger partial charge in [0, 0.05) is 12.6 Å². The maximum atomic E-state index is 11.9. The summed E-state index contributed by atoms with van der Waals surface area (Å²) in [4.78, 5) is 16.4. The number of aliphatic imine (C=N–C) groups is 1. The van der Waals surface area contributed by atoms with Gasteiger partial charge in [0.15, 0.2) is 5.96 Å². The van der Waals surface area contributed by atoms with Crippen LogP contribution in [0.5, 0.6) is 0 Å². The molecule has 1 amide bonds. The first kappa shape index (κ1) is 22.8. The standard InChI is InChI=1S/C19H32N4O2.HI/c1-4-20-19(23-16-9-7-15(8-10-16)14(2)3)22-13-18(24)21-12-17-6-5-11-25-17;/h5-6,11,14-16H,4,7-10,12-13H2,1-3H3,(H,21,24)(H2,20,22,23);1H. The molecule has 0 radical (unpaired) electrons. The molecule has 2 rings (SSSR count). The molecule has 1 heterocycles. The van der Waals surface area contributed by atoms with Crippen LogP contribution < -0.4 is 16.0 Å². The van der Waals surface area contributed by atoms with Crippen molar-refractivity contribution in [3.05, 3.63) is 24.2 Å². The van der Waals surface area contributed by atoms with Gasteiger partial charge in [-0.2, -0.15) is 0 Å². The van der Waals surface area contributed by atoms with E-state index in [0.29, 0.717) is 12.6 Å². The molecule has 0 bridgehead atoms. The van der Waals surface area contributed by atoms with Crippen molar-refractivity contribution < 1.29 is 9.21 Å². The average Bonchev–Trinajstić information content (AvgIpc) is 3.12. The Morgan fingerprint density at radius 2 is 2.00 bits per heavy atom. The van der Waals surface area contributed by atoms with Gasteiger partial charge >= 0.3 is 0 Å². The first-order valence-corrected chi connectivity index (χ1v) is 9.42. The summed E-state index contributed by atoms with van der Waals surface area (Å²) in [6.45, 7) is 7.93. The Bertz CT molecular complexity index is 538. The third-order valence-electron chi connectivity index (χ3n) is 4.82. The van der Waals surface area contributed by atoms with Crippen LogP contribution in [0.3, 0.4) is 0 Å². The predicted molar refractivity (Wildman–Crippen MR) is 116 cm³/mol. The lowest BCUT2D eigenvalue weighted by molar-refractivity contribution is -0.119. The molecule has 26 heavy (non-hydrogen) atoms. The number of rotatable bonds is 7. The van der Waals surface area contributed by atoms with Crippen LogP contribution in [0.25, 0.3) is 0 Å². The number of hydrogen-bond acceptors (Lipinski definition) is 3. The van der Waals surface area contributed by atoms with Crippen molar-refractivity contribution in [1.82, 2.24) is 16.0 Å². The zero-order valence-electron chi connectivity index (χ0n) is 16.1. The fourth-order valence-corrected chi connectivity index (χ4v) is 3.25. The van der Waals surface area contributed by atoms with Crippen LogP contribution in [-0.4, -0.2) is 31.0 Å². The van der Waals surface area contributed by atoms with Crippen LogP contribution in [-0.2, 0) is 11.3 Å². The van der Waals surface area contributed by atoms with Gasteiger partial charge in [0.1, 0.15) is 12.3 Å². The molecule has 1 saturated carbocycles. The zero-order chi connectivity index (χ0) is 18.1. The summed E-state index contributed by atoms with van der Waals surface area (Å²) in [6.07, 6.45) is 6.45. The van der Waals surface area contributed by atoms with Crippen LogP contribution in [0.15, 0.2) is 27.8 Å². The zero-order valence-corrected chi connectivity index (χ0v) is 18.4. The summed E-state index contributed by atoms with van der Waals surface area (Å²) in [7, 11) is 0. The summed E-state index contributed by atoms with van der Waals surface area (Å²) < 4.78 is 5.20. The molecule has 1 aliphatic rings. The average molecular weight is 476 g/mol. The number of carbonyl (C=O) groups excluding carboxylic acids is 1. The normalized spacial score (nSPS) is 20.4. The molecule has 1 aliphatic carbocycles. The van der Waals surface area contributed by atoms with Gasteiger partial charge in [-0.05, 0) is 56.6 Å². The summed E-state index contributed by atoms with van der Waals surface area (Å²) in [5, 5.41) is 9.52. The van der Waals surface area contributed by atoms with Gasteiger partial charge < -0.3 is 20.4 Å². The lowest BCUT2D eigenvalue weighted by Gasteiger charge is -2.32. The molecule has 3 N–H and O–H groups in total. The second-order valence-electron chi connectivity index (χ2n) is 7.05. The topological polar surface area (TPSA) is 78.7 Å². The van der Waals surface area contributed by atoms with Gasteiger partial charge in [0.05, 0.1) is 12.8 Å². The van der Waals surface area contributed by atoms with Gasteiger partial charge in [-0.3, -0.25) is 4.79 Å². The minimum atomic E-state index is -0.114. The van der Waals surface area contributed by atoms with Gasteiger partial charge in [-0.15, -0.1) is 24.0 Å². The first-order valence-electron chi connectivity index (χ1n) is 9.42. The molecule has 0 aromatic carbocycles. The molecular weight excluding hydrogens is 443 g/mol. The van der Waals surface area contributed by atoms with E-state index in [-0.39, 0.29) is 36.4 Å². The van der Waals surface area contributed by atoms with E-state index in [1.54, 1.807) is 12.3 Å². The molecule has 0 aliphatic heterocycles. The Balaban J connectivity index is 0.00000338. The van der Waals surface area contributed by atoms with E-state index in [1.165, 1.54) is 12.8 Å². The van der Waals surface area contributed by atoms with Crippen LogP contribution in [0.1, 0.15) is 52.2 Å². The van der Waals surface area contributed by atoms with Crippen LogP contribution in [0, 0.1) is 11.8 Å². The highest BCUT2D eigenvalue weighted by molar-refractivity contribution is 14.0. The third kappa shape index (κ3) is 7.97. The van der Waals surface area contributed by atoms with Crippen molar-refractivity contribution >= 4 is 35.8 Å². The van der Waals surface area contributed by atoms with E-state index >= 15 is 0 Å². The molecule has 6 nitrogen and oxygen atoms in total. The second kappa shape index (κ2) is 12.2. The molecule has 0 saturated heterocycles. The Labute approximate surface area is 174 Å².